The first-order chi connectivity index (χ1) is 13.6. The van der Waals surface area contributed by atoms with Gasteiger partial charge in [-0.1, -0.05) is 0 Å². The molecule has 0 saturated carbocycles. The number of hydrogen-bond acceptors (Lipinski definition) is 5. The van der Waals surface area contributed by atoms with Crippen LogP contribution in [0, 0.1) is 0 Å². The van der Waals surface area contributed by atoms with Crippen molar-refractivity contribution in [1.29, 1.82) is 0 Å². The lowest BCUT2D eigenvalue weighted by atomic mass is 10.1. The van der Waals surface area contributed by atoms with Gasteiger partial charge in [-0.2, -0.15) is 5.10 Å². The number of likely N-dealkylation sites (tertiary alicyclic amines) is 1. The number of rotatable bonds is 3. The molecule has 1 atom stereocenters. The second-order valence-corrected chi connectivity index (χ2v) is 7.34. The molecule has 4 heterocycles. The van der Waals surface area contributed by atoms with Crippen molar-refractivity contribution in [3.05, 3.63) is 48.0 Å². The van der Waals surface area contributed by atoms with Crippen LogP contribution >= 0.6 is 0 Å². The summed E-state index contributed by atoms with van der Waals surface area (Å²) in [4.78, 5) is 27.4. The fourth-order valence-corrected chi connectivity index (χ4v) is 3.90. The van der Waals surface area contributed by atoms with E-state index in [0.717, 1.165) is 40.7 Å². The van der Waals surface area contributed by atoms with Crippen LogP contribution in [0.5, 0.6) is 0 Å². The first-order valence-electron chi connectivity index (χ1n) is 9.37. The number of carbonyl (C=O) groups is 1. The summed E-state index contributed by atoms with van der Waals surface area (Å²) in [6.07, 6.45) is 5.76. The number of aromatic amines is 1. The maximum Gasteiger partial charge on any atom is 0.256 e. The van der Waals surface area contributed by atoms with E-state index in [-0.39, 0.29) is 5.91 Å². The Morgan fingerprint density at radius 2 is 2.14 bits per heavy atom. The maximum atomic E-state index is 12.6. The zero-order valence-electron chi connectivity index (χ0n) is 15.8. The molecule has 0 aliphatic carbocycles. The lowest BCUT2D eigenvalue weighted by Gasteiger charge is -2.16. The van der Waals surface area contributed by atoms with Crippen molar-refractivity contribution in [3.63, 3.8) is 0 Å². The molecule has 1 aliphatic heterocycles. The number of nitrogens with zero attached hydrogens (tertiary/aromatic N) is 5. The summed E-state index contributed by atoms with van der Waals surface area (Å²) in [6, 6.07) is 7.65. The van der Waals surface area contributed by atoms with E-state index < -0.39 is 0 Å². The van der Waals surface area contributed by atoms with E-state index in [4.69, 9.17) is 4.98 Å². The molecule has 1 saturated heterocycles. The highest BCUT2D eigenvalue weighted by Crippen LogP contribution is 2.30. The number of H-pyrrole nitrogens is 1. The second-order valence-electron chi connectivity index (χ2n) is 7.34. The van der Waals surface area contributed by atoms with Crippen LogP contribution in [0.15, 0.2) is 36.7 Å². The fourth-order valence-electron chi connectivity index (χ4n) is 3.90. The van der Waals surface area contributed by atoms with Crippen LogP contribution in [-0.4, -0.2) is 49.1 Å². The lowest BCUT2D eigenvalue weighted by molar-refractivity contribution is 0.102. The average molecular weight is 375 g/mol. The highest BCUT2D eigenvalue weighted by atomic mass is 16.1. The molecule has 2 N–H and O–H groups in total. The Morgan fingerprint density at radius 3 is 2.96 bits per heavy atom. The number of benzene rings is 1. The molecule has 28 heavy (non-hydrogen) atoms. The number of imidazole rings is 1. The molecule has 142 valence electrons. The van der Waals surface area contributed by atoms with Gasteiger partial charge in [0.15, 0.2) is 0 Å². The Bertz CT molecular complexity index is 1190. The number of nitrogens with one attached hydrogen (secondary N) is 2. The predicted molar refractivity (Wildman–Crippen MR) is 107 cm³/mol. The molecule has 8 heteroatoms. The third kappa shape index (κ3) is 2.82. The molecule has 1 aliphatic rings. The highest BCUT2D eigenvalue weighted by Gasteiger charge is 2.25. The number of fused-ring (bicyclic) bond motifs is 2. The minimum atomic E-state index is -0.205. The average Bonchev–Trinajstić information content (AvgIpc) is 3.39. The normalized spacial score (nSPS) is 17.6. The number of amides is 1. The maximum absolute atomic E-state index is 12.6. The van der Waals surface area contributed by atoms with Crippen LogP contribution < -0.4 is 5.32 Å². The Balaban J connectivity index is 1.39. The van der Waals surface area contributed by atoms with Crippen molar-refractivity contribution in [2.45, 2.75) is 18.9 Å². The van der Waals surface area contributed by atoms with Gasteiger partial charge in [0.1, 0.15) is 11.6 Å². The van der Waals surface area contributed by atoms with Gasteiger partial charge < -0.3 is 10.3 Å². The summed E-state index contributed by atoms with van der Waals surface area (Å²) >= 11 is 0. The standard InChI is InChI=1S/C20H21N7O/c1-26-7-3-4-17(26)19-23-14-9-18(21-11-15(14)24-19)25-20(28)12-5-6-16-13(8-12)10-22-27(16)2/h5-6,8-11,17H,3-4,7H2,1-2H3,(H,23,24)(H,21,25,28). The molecule has 5 rings (SSSR count). The largest absolute Gasteiger partial charge is 0.339 e. The van der Waals surface area contributed by atoms with Crippen molar-refractivity contribution in [2.75, 3.05) is 18.9 Å². The van der Waals surface area contributed by atoms with E-state index >= 15 is 0 Å². The van der Waals surface area contributed by atoms with E-state index in [1.54, 1.807) is 23.1 Å². The van der Waals surface area contributed by atoms with Crippen LogP contribution in [0.25, 0.3) is 21.9 Å². The van der Waals surface area contributed by atoms with Crippen molar-refractivity contribution >= 4 is 33.7 Å². The summed E-state index contributed by atoms with van der Waals surface area (Å²) in [5, 5.41) is 8.01. The number of anilines is 1. The minimum absolute atomic E-state index is 0.205. The van der Waals surface area contributed by atoms with Crippen molar-refractivity contribution in [1.82, 2.24) is 29.6 Å². The lowest BCUT2D eigenvalue weighted by Crippen LogP contribution is -2.18. The third-order valence-corrected chi connectivity index (χ3v) is 5.47. The molecular weight excluding hydrogens is 354 g/mol. The van der Waals surface area contributed by atoms with Crippen LogP contribution in [0.4, 0.5) is 5.82 Å². The topological polar surface area (TPSA) is 91.7 Å². The van der Waals surface area contributed by atoms with E-state index in [9.17, 15) is 4.79 Å². The van der Waals surface area contributed by atoms with Crippen molar-refractivity contribution < 1.29 is 4.79 Å². The summed E-state index contributed by atoms with van der Waals surface area (Å²) in [5.74, 6) is 1.24. The highest BCUT2D eigenvalue weighted by molar-refractivity contribution is 6.06. The molecule has 3 aromatic heterocycles. The molecule has 1 amide bonds. The second kappa shape index (κ2) is 6.42. The van der Waals surface area contributed by atoms with Gasteiger partial charge in [-0.3, -0.25) is 14.4 Å². The van der Waals surface area contributed by atoms with Gasteiger partial charge in [-0.15, -0.1) is 0 Å². The van der Waals surface area contributed by atoms with Crippen LogP contribution in [0.2, 0.25) is 0 Å². The summed E-state index contributed by atoms with van der Waals surface area (Å²) in [5.41, 5.74) is 3.24. The van der Waals surface area contributed by atoms with Crippen LogP contribution in [-0.2, 0) is 7.05 Å². The van der Waals surface area contributed by atoms with Gasteiger partial charge in [0.05, 0.1) is 35.0 Å². The van der Waals surface area contributed by atoms with E-state index in [0.29, 0.717) is 17.4 Å². The van der Waals surface area contributed by atoms with Crippen LogP contribution in [0.3, 0.4) is 0 Å². The number of aromatic nitrogens is 5. The van der Waals surface area contributed by atoms with Crippen molar-refractivity contribution in [2.24, 2.45) is 7.05 Å². The first kappa shape index (κ1) is 16.9. The molecule has 0 radical (unpaired) electrons. The molecule has 1 fully saturated rings. The van der Waals surface area contributed by atoms with Gasteiger partial charge in [-0.25, -0.2) is 9.97 Å². The van der Waals surface area contributed by atoms with Gasteiger partial charge in [0, 0.05) is 24.1 Å². The monoisotopic (exact) mass is 375 g/mol. The summed E-state index contributed by atoms with van der Waals surface area (Å²) in [6.45, 7) is 1.09. The Kier molecular flexibility index (Phi) is 3.87. The van der Waals surface area contributed by atoms with Crippen LogP contribution in [0.1, 0.15) is 35.1 Å². The Hall–Kier alpha value is -3.26. The van der Waals surface area contributed by atoms with Crippen molar-refractivity contribution in [3.8, 4) is 0 Å². The molecule has 8 nitrogen and oxygen atoms in total. The smallest absolute Gasteiger partial charge is 0.256 e. The molecule has 4 aromatic rings. The summed E-state index contributed by atoms with van der Waals surface area (Å²) in [7, 11) is 4.00. The van der Waals surface area contributed by atoms with Gasteiger partial charge in [0.25, 0.3) is 5.91 Å². The Labute approximate surface area is 161 Å². The number of aryl methyl sites for hydroxylation is 1. The van der Waals surface area contributed by atoms with E-state index in [2.05, 4.69) is 32.3 Å². The van der Waals surface area contributed by atoms with E-state index in [1.807, 2.05) is 25.2 Å². The van der Waals surface area contributed by atoms with E-state index in [1.165, 1.54) is 6.42 Å². The first-order valence-corrected chi connectivity index (χ1v) is 9.37. The molecule has 0 bridgehead atoms. The van der Waals surface area contributed by atoms with Gasteiger partial charge in [0.2, 0.25) is 0 Å². The number of carbonyl (C=O) groups excluding carboxylic acids is 1. The minimum Gasteiger partial charge on any atom is -0.339 e. The van der Waals surface area contributed by atoms with Gasteiger partial charge >= 0.3 is 0 Å². The zero-order chi connectivity index (χ0) is 19.3. The number of pyridine rings is 1. The fraction of sp³-hybridized carbons (Fsp3) is 0.300. The van der Waals surface area contributed by atoms with Gasteiger partial charge in [-0.05, 0) is 44.6 Å². The molecule has 0 spiro atoms. The SMILES string of the molecule is CN1CCCC1c1nc2cc(NC(=O)c3ccc4c(cnn4C)c3)ncc2[nH]1. The quantitative estimate of drug-likeness (QED) is 0.574. The Morgan fingerprint density at radius 1 is 1.25 bits per heavy atom. The molecular formula is C20H21N7O. The third-order valence-electron chi connectivity index (χ3n) is 5.47. The zero-order valence-corrected chi connectivity index (χ0v) is 15.8. The molecule has 1 aromatic carbocycles. The number of hydrogen-bond donors (Lipinski definition) is 2. The molecule has 1 unspecified atom stereocenters. The summed E-state index contributed by atoms with van der Waals surface area (Å²) < 4.78 is 1.78. The predicted octanol–water partition coefficient (Wildman–Crippen LogP) is 2.86.